The van der Waals surface area contributed by atoms with Crippen LogP contribution in [-0.2, 0) is 11.2 Å². The van der Waals surface area contributed by atoms with Crippen molar-refractivity contribution in [3.05, 3.63) is 36.0 Å². The first kappa shape index (κ1) is 13.6. The van der Waals surface area contributed by atoms with Gasteiger partial charge in [-0.15, -0.1) is 12.4 Å². The van der Waals surface area contributed by atoms with Gasteiger partial charge in [-0.2, -0.15) is 0 Å². The number of fused-ring (bicyclic) bond motifs is 1. The van der Waals surface area contributed by atoms with Gasteiger partial charge >= 0.3 is 0 Å². The molecule has 0 saturated heterocycles. The van der Waals surface area contributed by atoms with E-state index in [0.29, 0.717) is 12.3 Å². The highest BCUT2D eigenvalue weighted by Gasteiger charge is 2.07. The maximum atomic E-state index is 7.73. The van der Waals surface area contributed by atoms with Crippen molar-refractivity contribution in [1.82, 2.24) is 4.98 Å². The highest BCUT2D eigenvalue weighted by Crippen LogP contribution is 2.18. The van der Waals surface area contributed by atoms with Crippen LogP contribution in [0.1, 0.15) is 19.4 Å². The fraction of sp³-hybridized carbons (Fsp3) is 0.308. The molecule has 0 atom stereocenters. The van der Waals surface area contributed by atoms with Crippen LogP contribution in [-0.4, -0.2) is 17.0 Å². The molecule has 0 radical (unpaired) electrons. The molecule has 0 aliphatic rings. The fourth-order valence-electron chi connectivity index (χ4n) is 1.78. The van der Waals surface area contributed by atoms with E-state index in [2.05, 4.69) is 11.1 Å². The molecular formula is C13H17ClN2O. The SMILES string of the molecule is CC(C)OC(=N)Cc1c[nH]c2ccccc12.Cl. The molecule has 0 aliphatic heterocycles. The van der Waals surface area contributed by atoms with Crippen LogP contribution in [0.5, 0.6) is 0 Å². The molecule has 1 aromatic heterocycles. The van der Waals surface area contributed by atoms with E-state index in [0.717, 1.165) is 11.1 Å². The number of halogens is 1. The van der Waals surface area contributed by atoms with Crippen molar-refractivity contribution in [1.29, 1.82) is 5.41 Å². The van der Waals surface area contributed by atoms with Gasteiger partial charge in [0.25, 0.3) is 0 Å². The molecule has 0 saturated carbocycles. The predicted octanol–water partition coefficient (Wildman–Crippen LogP) is 3.53. The van der Waals surface area contributed by atoms with E-state index >= 15 is 0 Å². The molecule has 1 heterocycles. The maximum absolute atomic E-state index is 7.73. The Bertz CT molecular complexity index is 505. The number of nitrogens with one attached hydrogen (secondary N) is 2. The molecule has 2 N–H and O–H groups in total. The van der Waals surface area contributed by atoms with Crippen molar-refractivity contribution in [2.45, 2.75) is 26.4 Å². The average Bonchev–Trinajstić information content (AvgIpc) is 2.61. The Balaban J connectivity index is 0.00000144. The predicted molar refractivity (Wildman–Crippen MR) is 73.2 cm³/mol. The molecule has 4 heteroatoms. The standard InChI is InChI=1S/C13H16N2O.ClH/c1-9(2)16-13(14)7-10-8-15-12-6-4-3-5-11(10)12;/h3-6,8-9,14-15H,7H2,1-2H3;1H. The Morgan fingerprint density at radius 3 is 2.76 bits per heavy atom. The molecular weight excluding hydrogens is 236 g/mol. The number of hydrogen-bond donors (Lipinski definition) is 2. The third kappa shape index (κ3) is 3.24. The van der Waals surface area contributed by atoms with Crippen molar-refractivity contribution >= 4 is 29.2 Å². The lowest BCUT2D eigenvalue weighted by Gasteiger charge is -2.09. The minimum Gasteiger partial charge on any atom is -0.478 e. The summed E-state index contributed by atoms with van der Waals surface area (Å²) < 4.78 is 5.34. The summed E-state index contributed by atoms with van der Waals surface area (Å²) in [5, 5.41) is 8.90. The smallest absolute Gasteiger partial charge is 0.185 e. The van der Waals surface area contributed by atoms with Crippen molar-refractivity contribution < 1.29 is 4.74 Å². The second-order valence-corrected chi connectivity index (χ2v) is 4.13. The summed E-state index contributed by atoms with van der Waals surface area (Å²) in [5.74, 6) is 0.319. The summed E-state index contributed by atoms with van der Waals surface area (Å²) in [6.07, 6.45) is 2.56. The fourth-order valence-corrected chi connectivity index (χ4v) is 1.78. The largest absolute Gasteiger partial charge is 0.478 e. The minimum atomic E-state index is 0. The summed E-state index contributed by atoms with van der Waals surface area (Å²) in [4.78, 5) is 3.19. The number of aromatic amines is 1. The molecule has 0 bridgehead atoms. The van der Waals surface area contributed by atoms with Gasteiger partial charge < -0.3 is 9.72 Å². The van der Waals surface area contributed by atoms with Crippen molar-refractivity contribution in [2.24, 2.45) is 0 Å². The summed E-state index contributed by atoms with van der Waals surface area (Å²) >= 11 is 0. The number of aromatic nitrogens is 1. The van der Waals surface area contributed by atoms with Gasteiger partial charge in [0.1, 0.15) is 0 Å². The molecule has 17 heavy (non-hydrogen) atoms. The first-order chi connectivity index (χ1) is 7.66. The van der Waals surface area contributed by atoms with E-state index in [-0.39, 0.29) is 18.5 Å². The average molecular weight is 253 g/mol. The highest BCUT2D eigenvalue weighted by molar-refractivity contribution is 5.87. The Kier molecular flexibility index (Phi) is 4.58. The van der Waals surface area contributed by atoms with Gasteiger partial charge in [-0.1, -0.05) is 18.2 Å². The lowest BCUT2D eigenvalue weighted by atomic mass is 10.1. The highest BCUT2D eigenvalue weighted by atomic mass is 35.5. The van der Waals surface area contributed by atoms with Crippen LogP contribution in [0.4, 0.5) is 0 Å². The molecule has 1 aromatic carbocycles. The second kappa shape index (κ2) is 5.73. The summed E-state index contributed by atoms with van der Waals surface area (Å²) in [6, 6.07) is 8.10. The Labute approximate surface area is 107 Å². The topological polar surface area (TPSA) is 48.9 Å². The minimum absolute atomic E-state index is 0. The monoisotopic (exact) mass is 252 g/mol. The number of ether oxygens (including phenoxy) is 1. The van der Waals surface area contributed by atoms with Crippen molar-refractivity contribution in [3.8, 4) is 0 Å². The molecule has 0 amide bonds. The third-order valence-electron chi connectivity index (χ3n) is 2.40. The molecule has 3 nitrogen and oxygen atoms in total. The summed E-state index contributed by atoms with van der Waals surface area (Å²) in [5.41, 5.74) is 2.22. The van der Waals surface area contributed by atoms with Gasteiger partial charge in [-0.25, -0.2) is 0 Å². The van der Waals surface area contributed by atoms with E-state index in [1.54, 1.807) is 0 Å². The van der Waals surface area contributed by atoms with Gasteiger partial charge in [0, 0.05) is 17.1 Å². The third-order valence-corrected chi connectivity index (χ3v) is 2.40. The van der Waals surface area contributed by atoms with Crippen molar-refractivity contribution in [3.63, 3.8) is 0 Å². The van der Waals surface area contributed by atoms with Gasteiger partial charge in [-0.3, -0.25) is 5.41 Å². The lowest BCUT2D eigenvalue weighted by molar-refractivity contribution is 0.221. The number of benzene rings is 1. The zero-order chi connectivity index (χ0) is 11.5. The van der Waals surface area contributed by atoms with Crippen LogP contribution >= 0.6 is 12.4 Å². The normalized spacial score (nSPS) is 10.3. The Morgan fingerprint density at radius 1 is 1.35 bits per heavy atom. The number of para-hydroxylation sites is 1. The summed E-state index contributed by atoms with van der Waals surface area (Å²) in [7, 11) is 0. The first-order valence-corrected chi connectivity index (χ1v) is 5.46. The van der Waals surface area contributed by atoms with Crippen molar-refractivity contribution in [2.75, 3.05) is 0 Å². The zero-order valence-corrected chi connectivity index (χ0v) is 10.8. The molecule has 92 valence electrons. The number of rotatable bonds is 3. The quantitative estimate of drug-likeness (QED) is 0.637. The van der Waals surface area contributed by atoms with Gasteiger partial charge in [0.15, 0.2) is 5.90 Å². The van der Waals surface area contributed by atoms with E-state index in [9.17, 15) is 0 Å². The maximum Gasteiger partial charge on any atom is 0.185 e. The van der Waals surface area contributed by atoms with E-state index in [1.165, 1.54) is 5.39 Å². The molecule has 2 rings (SSSR count). The molecule has 0 spiro atoms. The van der Waals surface area contributed by atoms with Crippen LogP contribution in [0, 0.1) is 5.41 Å². The van der Waals surface area contributed by atoms with E-state index in [4.69, 9.17) is 10.1 Å². The lowest BCUT2D eigenvalue weighted by Crippen LogP contribution is -2.12. The first-order valence-electron chi connectivity index (χ1n) is 5.46. The molecule has 0 fully saturated rings. The molecule has 2 aromatic rings. The van der Waals surface area contributed by atoms with Gasteiger partial charge in [-0.05, 0) is 25.5 Å². The van der Waals surface area contributed by atoms with Crippen LogP contribution in [0.25, 0.3) is 10.9 Å². The number of H-pyrrole nitrogens is 1. The Hall–Kier alpha value is -1.48. The number of hydrogen-bond acceptors (Lipinski definition) is 2. The molecule has 0 unspecified atom stereocenters. The Morgan fingerprint density at radius 2 is 2.06 bits per heavy atom. The van der Waals surface area contributed by atoms with Gasteiger partial charge in [0.05, 0.1) is 12.5 Å². The van der Waals surface area contributed by atoms with E-state index in [1.807, 2.05) is 38.2 Å². The van der Waals surface area contributed by atoms with E-state index < -0.39 is 0 Å². The van der Waals surface area contributed by atoms with Crippen LogP contribution in [0.2, 0.25) is 0 Å². The van der Waals surface area contributed by atoms with Crippen LogP contribution < -0.4 is 0 Å². The van der Waals surface area contributed by atoms with Crippen LogP contribution in [0.3, 0.4) is 0 Å². The van der Waals surface area contributed by atoms with Crippen LogP contribution in [0.15, 0.2) is 30.5 Å². The summed E-state index contributed by atoms with van der Waals surface area (Å²) in [6.45, 7) is 3.87. The second-order valence-electron chi connectivity index (χ2n) is 4.13. The zero-order valence-electron chi connectivity index (χ0n) is 9.99. The van der Waals surface area contributed by atoms with Gasteiger partial charge in [0.2, 0.25) is 0 Å². The molecule has 0 aliphatic carbocycles.